The van der Waals surface area contributed by atoms with Crippen LogP contribution in [0.3, 0.4) is 0 Å². The Bertz CT molecular complexity index is 624. The van der Waals surface area contributed by atoms with Gasteiger partial charge in [0.25, 0.3) is 0 Å². The number of benzene rings is 2. The van der Waals surface area contributed by atoms with Gasteiger partial charge in [-0.3, -0.25) is 9.59 Å². The standard InChI is InChI=1S/C17H18N2O3/c1-13-7-9-14(10-8-13)19-17(21)16(20)18-11-12-22-15-5-3-2-4-6-15/h2-10H,11-12H2,1H3,(H,18,20)(H,19,21). The summed E-state index contributed by atoms with van der Waals surface area (Å²) in [6.07, 6.45) is 0. The molecule has 0 atom stereocenters. The molecule has 0 radical (unpaired) electrons. The molecule has 0 saturated carbocycles. The van der Waals surface area contributed by atoms with Crippen LogP contribution in [0.4, 0.5) is 5.69 Å². The first-order chi connectivity index (χ1) is 10.6. The molecule has 0 aromatic heterocycles. The van der Waals surface area contributed by atoms with Gasteiger partial charge in [0.2, 0.25) is 0 Å². The van der Waals surface area contributed by atoms with Crippen molar-refractivity contribution in [3.05, 3.63) is 60.2 Å². The summed E-state index contributed by atoms with van der Waals surface area (Å²) in [5, 5.41) is 5.04. The maximum Gasteiger partial charge on any atom is 0.313 e. The van der Waals surface area contributed by atoms with Gasteiger partial charge in [-0.25, -0.2) is 0 Å². The molecule has 2 aromatic rings. The monoisotopic (exact) mass is 298 g/mol. The summed E-state index contributed by atoms with van der Waals surface area (Å²) in [5.41, 5.74) is 1.67. The predicted molar refractivity (Wildman–Crippen MR) is 84.8 cm³/mol. The van der Waals surface area contributed by atoms with E-state index < -0.39 is 11.8 Å². The summed E-state index contributed by atoms with van der Waals surface area (Å²) in [4.78, 5) is 23.3. The minimum Gasteiger partial charge on any atom is -0.492 e. The second-order valence-electron chi connectivity index (χ2n) is 4.74. The number of carbonyl (C=O) groups excluding carboxylic acids is 2. The zero-order valence-corrected chi connectivity index (χ0v) is 12.3. The summed E-state index contributed by atoms with van der Waals surface area (Å²) >= 11 is 0. The Labute approximate surface area is 129 Å². The zero-order chi connectivity index (χ0) is 15.8. The van der Waals surface area contributed by atoms with Crippen LogP contribution in [-0.4, -0.2) is 25.0 Å². The molecule has 114 valence electrons. The largest absolute Gasteiger partial charge is 0.492 e. The smallest absolute Gasteiger partial charge is 0.313 e. The van der Waals surface area contributed by atoms with Crippen LogP contribution in [0.25, 0.3) is 0 Å². The van der Waals surface area contributed by atoms with E-state index in [0.717, 1.165) is 11.3 Å². The Balaban J connectivity index is 1.70. The van der Waals surface area contributed by atoms with Crippen molar-refractivity contribution in [2.75, 3.05) is 18.5 Å². The molecule has 2 rings (SSSR count). The second-order valence-corrected chi connectivity index (χ2v) is 4.74. The van der Waals surface area contributed by atoms with Gasteiger partial charge in [0.05, 0.1) is 6.54 Å². The van der Waals surface area contributed by atoms with Gasteiger partial charge >= 0.3 is 11.8 Å². The van der Waals surface area contributed by atoms with E-state index in [1.54, 1.807) is 12.1 Å². The van der Waals surface area contributed by atoms with E-state index in [1.807, 2.05) is 49.4 Å². The minimum atomic E-state index is -0.691. The quantitative estimate of drug-likeness (QED) is 0.656. The number of ether oxygens (including phenoxy) is 1. The molecule has 0 aliphatic rings. The van der Waals surface area contributed by atoms with E-state index in [2.05, 4.69) is 10.6 Å². The van der Waals surface area contributed by atoms with E-state index >= 15 is 0 Å². The molecular formula is C17H18N2O3. The molecule has 0 aliphatic carbocycles. The van der Waals surface area contributed by atoms with Crippen LogP contribution in [0.1, 0.15) is 5.56 Å². The highest BCUT2D eigenvalue weighted by atomic mass is 16.5. The fraction of sp³-hybridized carbons (Fsp3) is 0.176. The first-order valence-electron chi connectivity index (χ1n) is 6.99. The van der Waals surface area contributed by atoms with Crippen molar-refractivity contribution < 1.29 is 14.3 Å². The zero-order valence-electron chi connectivity index (χ0n) is 12.3. The van der Waals surface area contributed by atoms with Gasteiger partial charge in [0.15, 0.2) is 0 Å². The summed E-state index contributed by atoms with van der Waals surface area (Å²) in [7, 11) is 0. The second kappa shape index (κ2) is 7.83. The van der Waals surface area contributed by atoms with Crippen molar-refractivity contribution >= 4 is 17.5 Å². The molecule has 0 bridgehead atoms. The maximum atomic E-state index is 11.7. The van der Waals surface area contributed by atoms with Gasteiger partial charge < -0.3 is 15.4 Å². The molecule has 2 aromatic carbocycles. The highest BCUT2D eigenvalue weighted by molar-refractivity contribution is 6.39. The Kier molecular flexibility index (Phi) is 5.54. The van der Waals surface area contributed by atoms with Crippen LogP contribution in [0.15, 0.2) is 54.6 Å². The maximum absolute atomic E-state index is 11.7. The van der Waals surface area contributed by atoms with Gasteiger partial charge in [-0.05, 0) is 31.2 Å². The lowest BCUT2D eigenvalue weighted by Crippen LogP contribution is -2.37. The number of anilines is 1. The van der Waals surface area contributed by atoms with E-state index in [1.165, 1.54) is 0 Å². The van der Waals surface area contributed by atoms with Crippen molar-refractivity contribution in [1.29, 1.82) is 0 Å². The third-order valence-corrected chi connectivity index (χ3v) is 2.92. The van der Waals surface area contributed by atoms with Crippen molar-refractivity contribution in [1.82, 2.24) is 5.32 Å². The Morgan fingerprint density at radius 3 is 2.32 bits per heavy atom. The summed E-state index contributed by atoms with van der Waals surface area (Å²) in [6.45, 7) is 2.51. The predicted octanol–water partition coefficient (Wildman–Crippen LogP) is 2.13. The lowest BCUT2D eigenvalue weighted by Gasteiger charge is -2.08. The van der Waals surface area contributed by atoms with Gasteiger partial charge in [-0.1, -0.05) is 35.9 Å². The molecular weight excluding hydrogens is 280 g/mol. The van der Waals surface area contributed by atoms with Crippen LogP contribution < -0.4 is 15.4 Å². The first kappa shape index (κ1) is 15.6. The lowest BCUT2D eigenvalue weighted by molar-refractivity contribution is -0.136. The van der Waals surface area contributed by atoms with E-state index in [-0.39, 0.29) is 6.54 Å². The topological polar surface area (TPSA) is 67.4 Å². The number of hydrogen-bond acceptors (Lipinski definition) is 3. The summed E-state index contributed by atoms with van der Waals surface area (Å²) in [6, 6.07) is 16.5. The SMILES string of the molecule is Cc1ccc(NC(=O)C(=O)NCCOc2ccccc2)cc1. The van der Waals surface area contributed by atoms with Crippen LogP contribution in [0.5, 0.6) is 5.75 Å². The normalized spacial score (nSPS) is 9.86. The number of nitrogens with one attached hydrogen (secondary N) is 2. The van der Waals surface area contributed by atoms with Gasteiger partial charge in [0.1, 0.15) is 12.4 Å². The highest BCUT2D eigenvalue weighted by Crippen LogP contribution is 2.08. The van der Waals surface area contributed by atoms with Crippen LogP contribution in [0.2, 0.25) is 0 Å². The molecule has 0 unspecified atom stereocenters. The first-order valence-corrected chi connectivity index (χ1v) is 6.99. The van der Waals surface area contributed by atoms with Crippen molar-refractivity contribution in [2.45, 2.75) is 6.92 Å². The fourth-order valence-electron chi connectivity index (χ4n) is 1.76. The molecule has 0 heterocycles. The van der Waals surface area contributed by atoms with Crippen molar-refractivity contribution in [3.63, 3.8) is 0 Å². The van der Waals surface area contributed by atoms with Crippen LogP contribution in [-0.2, 0) is 9.59 Å². The van der Waals surface area contributed by atoms with E-state index in [9.17, 15) is 9.59 Å². The lowest BCUT2D eigenvalue weighted by atomic mass is 10.2. The molecule has 0 aliphatic heterocycles. The molecule has 0 spiro atoms. The average Bonchev–Trinajstić information content (AvgIpc) is 2.54. The molecule has 2 amide bonds. The summed E-state index contributed by atoms with van der Waals surface area (Å²) < 4.78 is 5.42. The molecule has 0 fully saturated rings. The minimum absolute atomic E-state index is 0.259. The Morgan fingerprint density at radius 1 is 0.955 bits per heavy atom. The number of hydrogen-bond donors (Lipinski definition) is 2. The molecule has 0 saturated heterocycles. The van der Waals surface area contributed by atoms with Crippen molar-refractivity contribution in [2.24, 2.45) is 0 Å². The Morgan fingerprint density at radius 2 is 1.64 bits per heavy atom. The number of amides is 2. The average molecular weight is 298 g/mol. The van der Waals surface area contributed by atoms with E-state index in [4.69, 9.17) is 4.74 Å². The number of aryl methyl sites for hydroxylation is 1. The van der Waals surface area contributed by atoms with Crippen LogP contribution >= 0.6 is 0 Å². The highest BCUT2D eigenvalue weighted by Gasteiger charge is 2.12. The van der Waals surface area contributed by atoms with Crippen molar-refractivity contribution in [3.8, 4) is 5.75 Å². The number of para-hydroxylation sites is 1. The number of rotatable bonds is 5. The van der Waals surface area contributed by atoms with Gasteiger partial charge in [-0.2, -0.15) is 0 Å². The third kappa shape index (κ3) is 4.94. The molecule has 22 heavy (non-hydrogen) atoms. The summed E-state index contributed by atoms with van der Waals surface area (Å²) in [5.74, 6) is -0.651. The van der Waals surface area contributed by atoms with Gasteiger partial charge in [0, 0.05) is 5.69 Å². The van der Waals surface area contributed by atoms with Gasteiger partial charge in [-0.15, -0.1) is 0 Å². The van der Waals surface area contributed by atoms with E-state index in [0.29, 0.717) is 12.3 Å². The molecule has 5 heteroatoms. The fourth-order valence-corrected chi connectivity index (χ4v) is 1.76. The number of carbonyl (C=O) groups is 2. The van der Waals surface area contributed by atoms with Crippen LogP contribution in [0, 0.1) is 6.92 Å². The molecule has 5 nitrogen and oxygen atoms in total. The Hall–Kier alpha value is -2.82. The third-order valence-electron chi connectivity index (χ3n) is 2.92. The molecule has 2 N–H and O–H groups in total.